The van der Waals surface area contributed by atoms with Crippen molar-refractivity contribution >= 4 is 109 Å². The lowest BCUT2D eigenvalue weighted by molar-refractivity contribution is 0.669. The number of furan rings is 2. The van der Waals surface area contributed by atoms with Crippen LogP contribution in [0.2, 0.25) is 0 Å². The second-order valence-corrected chi connectivity index (χ2v) is 25.7. The van der Waals surface area contributed by atoms with Gasteiger partial charge in [0.25, 0.3) is 0 Å². The van der Waals surface area contributed by atoms with Gasteiger partial charge in [0.2, 0.25) is 0 Å². The molecule has 0 spiro atoms. The summed E-state index contributed by atoms with van der Waals surface area (Å²) < 4.78 is 21.3. The van der Waals surface area contributed by atoms with Crippen molar-refractivity contribution in [1.82, 2.24) is 43.6 Å². The van der Waals surface area contributed by atoms with Gasteiger partial charge in [-0.15, -0.1) is 0 Å². The Morgan fingerprint density at radius 3 is 1.19 bits per heavy atom. The molecule has 0 amide bonds. The van der Waals surface area contributed by atoms with Gasteiger partial charge in [0.15, 0.2) is 34.9 Å². The molecule has 21 rings (SSSR count). The number of para-hydroxylation sites is 6. The van der Waals surface area contributed by atoms with Gasteiger partial charge < -0.3 is 22.5 Å². The van der Waals surface area contributed by atoms with Crippen molar-refractivity contribution in [3.8, 4) is 96.5 Å². The normalized spacial score (nSPS) is 12.0. The molecule has 0 aliphatic carbocycles. The lowest BCUT2D eigenvalue weighted by Crippen LogP contribution is -2.04. The molecule has 0 unspecified atom stereocenters. The Morgan fingerprint density at radius 2 is 0.614 bits per heavy atom. The molecular weight excluding hydrogens is 1240 g/mol. The van der Waals surface area contributed by atoms with Crippen molar-refractivity contribution in [2.45, 2.75) is 0 Å². The van der Waals surface area contributed by atoms with Crippen molar-refractivity contribution < 1.29 is 8.83 Å². The second kappa shape index (κ2) is 22.3. The van der Waals surface area contributed by atoms with Gasteiger partial charge in [-0.25, -0.2) is 29.9 Å². The SMILES string of the molecule is c1ccc(-c2nc(-c3ccc4oc5cc(-c6ccc(-c7nc(-c8ccccc8)nc(-c8ccccc8)n7)c(-n7c8ccccc8c8c9oc%10c(ccc%11c%10c%10ccccc%10n%11-c%10ccccc%10)c9ccc87)c6)ccc5c4c3)nc(-c3ccccc3-n3c4ccccc4c4ccccc43)n2)cc1. The van der Waals surface area contributed by atoms with Gasteiger partial charge in [-0.1, -0.05) is 206 Å². The largest absolute Gasteiger partial charge is 0.456 e. The first-order valence-electron chi connectivity index (χ1n) is 33.8. The van der Waals surface area contributed by atoms with Crippen LogP contribution in [0.5, 0.6) is 0 Å². The van der Waals surface area contributed by atoms with E-state index in [0.29, 0.717) is 34.9 Å². The molecule has 0 N–H and O–H groups in total. The number of benzene rings is 14. The minimum absolute atomic E-state index is 0.532. The standard InChI is InChI=1S/C90H53N9O2/c1-5-23-54(24-6-1)85-91-86(55-25-7-2-8-26-55)95-90(94-85)69-45-42-57(52-78(69)99-74-39-21-16-34-67(74)82-77(99)49-47-65-64-46-48-76-81(83(64)101-84(65)82)66-33-15-20-38-73(66)97(76)60-29-11-4-12-30-60)58-41-44-63-70-51-59(43-50-79(70)100-80(63)53-58)88-92-87(56-27-9-3-10-28-56)93-89(96-88)68-35-17-22-40-75(68)98-71-36-18-13-31-61(71)62-32-14-19-37-72(62)98/h1-53H. The Balaban J connectivity index is 0.740. The highest BCUT2D eigenvalue weighted by Gasteiger charge is 2.27. The molecule has 0 bridgehead atoms. The molecule has 101 heavy (non-hydrogen) atoms. The van der Waals surface area contributed by atoms with E-state index in [-0.39, 0.29) is 0 Å². The molecule has 7 heterocycles. The minimum atomic E-state index is 0.532. The highest BCUT2D eigenvalue weighted by atomic mass is 16.3. The van der Waals surface area contributed by atoms with Crippen LogP contribution in [-0.2, 0) is 0 Å². The Labute approximate surface area is 576 Å². The zero-order chi connectivity index (χ0) is 66.2. The van der Waals surface area contributed by atoms with Gasteiger partial charge in [0.05, 0.1) is 55.2 Å². The molecule has 7 aromatic heterocycles. The Kier molecular flexibility index (Phi) is 12.4. The third kappa shape index (κ3) is 8.86. The average Bonchev–Trinajstić information content (AvgIpc) is 1.53. The fourth-order valence-electron chi connectivity index (χ4n) is 15.4. The van der Waals surface area contributed by atoms with Gasteiger partial charge in [0.1, 0.15) is 22.3 Å². The second-order valence-electron chi connectivity index (χ2n) is 25.7. The summed E-state index contributed by atoms with van der Waals surface area (Å²) in [6, 6.07) is 112. The van der Waals surface area contributed by atoms with Crippen LogP contribution in [0.3, 0.4) is 0 Å². The maximum atomic E-state index is 7.44. The smallest absolute Gasteiger partial charge is 0.166 e. The van der Waals surface area contributed by atoms with E-state index in [9.17, 15) is 0 Å². The van der Waals surface area contributed by atoms with Crippen LogP contribution >= 0.6 is 0 Å². The van der Waals surface area contributed by atoms with E-state index >= 15 is 0 Å². The topological polar surface area (TPSA) is 118 Å². The molecule has 470 valence electrons. The number of rotatable bonds is 10. The molecule has 11 heteroatoms. The summed E-state index contributed by atoms with van der Waals surface area (Å²) >= 11 is 0. The molecule has 0 saturated heterocycles. The lowest BCUT2D eigenvalue weighted by atomic mass is 9.99. The van der Waals surface area contributed by atoms with Gasteiger partial charge in [-0.3, -0.25) is 0 Å². The number of aromatic nitrogens is 9. The van der Waals surface area contributed by atoms with Crippen molar-refractivity contribution in [2.24, 2.45) is 0 Å². The van der Waals surface area contributed by atoms with E-state index in [1.807, 2.05) is 103 Å². The molecule has 0 fully saturated rings. The van der Waals surface area contributed by atoms with Crippen LogP contribution in [-0.4, -0.2) is 43.6 Å². The van der Waals surface area contributed by atoms with Crippen LogP contribution in [0.25, 0.3) is 206 Å². The Morgan fingerprint density at radius 1 is 0.208 bits per heavy atom. The van der Waals surface area contributed by atoms with Crippen LogP contribution in [0.15, 0.2) is 330 Å². The summed E-state index contributed by atoms with van der Waals surface area (Å²) in [5.74, 6) is 3.37. The van der Waals surface area contributed by atoms with Gasteiger partial charge in [-0.2, -0.15) is 0 Å². The zero-order valence-corrected chi connectivity index (χ0v) is 53.9. The van der Waals surface area contributed by atoms with Gasteiger partial charge in [-0.05, 0) is 126 Å². The lowest BCUT2D eigenvalue weighted by Gasteiger charge is -2.16. The highest BCUT2D eigenvalue weighted by molar-refractivity contribution is 6.29. The molecule has 14 aromatic carbocycles. The molecule has 0 saturated carbocycles. The molecule has 0 atom stereocenters. The van der Waals surface area contributed by atoms with Crippen LogP contribution in [0.1, 0.15) is 0 Å². The molecule has 0 aliphatic rings. The van der Waals surface area contributed by atoms with E-state index in [4.69, 9.17) is 38.7 Å². The summed E-state index contributed by atoms with van der Waals surface area (Å²) in [6.07, 6.45) is 0. The van der Waals surface area contributed by atoms with E-state index < -0.39 is 0 Å². The van der Waals surface area contributed by atoms with Crippen LogP contribution in [0, 0.1) is 0 Å². The van der Waals surface area contributed by atoms with Crippen molar-refractivity contribution in [2.75, 3.05) is 0 Å². The summed E-state index contributed by atoms with van der Waals surface area (Å²) in [7, 11) is 0. The summed E-state index contributed by atoms with van der Waals surface area (Å²) in [4.78, 5) is 31.7. The maximum Gasteiger partial charge on any atom is 0.166 e. The predicted octanol–water partition coefficient (Wildman–Crippen LogP) is 22.8. The summed E-state index contributed by atoms with van der Waals surface area (Å²) in [6.45, 7) is 0. The first-order chi connectivity index (χ1) is 50.1. The average molecular weight is 1290 g/mol. The first-order valence-corrected chi connectivity index (χ1v) is 33.8. The van der Waals surface area contributed by atoms with E-state index in [1.165, 1.54) is 10.8 Å². The number of fused-ring (bicyclic) bond motifs is 17. The van der Waals surface area contributed by atoms with Crippen molar-refractivity contribution in [3.63, 3.8) is 0 Å². The molecular formula is C90H53N9O2. The zero-order valence-electron chi connectivity index (χ0n) is 53.9. The molecule has 11 nitrogen and oxygen atoms in total. The molecule has 0 radical (unpaired) electrons. The van der Waals surface area contributed by atoms with E-state index in [1.54, 1.807) is 0 Å². The van der Waals surface area contributed by atoms with Crippen molar-refractivity contribution in [3.05, 3.63) is 322 Å². The molecule has 0 aliphatic heterocycles. The first kappa shape index (κ1) is 56.3. The van der Waals surface area contributed by atoms with E-state index in [2.05, 4.69) is 232 Å². The fourth-order valence-corrected chi connectivity index (χ4v) is 15.4. The van der Waals surface area contributed by atoms with Crippen LogP contribution < -0.4 is 0 Å². The Hall–Kier alpha value is -13.9. The predicted molar refractivity (Wildman–Crippen MR) is 409 cm³/mol. The van der Waals surface area contributed by atoms with Crippen LogP contribution in [0.4, 0.5) is 0 Å². The quantitative estimate of drug-likeness (QED) is 0.133. The number of nitrogens with zero attached hydrogens (tertiary/aromatic N) is 9. The highest BCUT2D eigenvalue weighted by Crippen LogP contribution is 2.47. The van der Waals surface area contributed by atoms with Gasteiger partial charge in [0, 0.05) is 82.2 Å². The van der Waals surface area contributed by atoms with Crippen molar-refractivity contribution in [1.29, 1.82) is 0 Å². The van der Waals surface area contributed by atoms with E-state index in [0.717, 1.165) is 160 Å². The monoisotopic (exact) mass is 1290 g/mol. The third-order valence-electron chi connectivity index (χ3n) is 20.0. The number of hydrogen-bond acceptors (Lipinski definition) is 8. The van der Waals surface area contributed by atoms with Gasteiger partial charge >= 0.3 is 0 Å². The molecule has 21 aromatic rings. The fraction of sp³-hybridized carbons (Fsp3) is 0. The number of hydrogen-bond donors (Lipinski definition) is 0. The Bertz CT molecular complexity index is 6840. The summed E-state index contributed by atoms with van der Waals surface area (Å²) in [5.41, 5.74) is 19.6. The maximum absolute atomic E-state index is 7.44. The third-order valence-corrected chi connectivity index (χ3v) is 20.0. The minimum Gasteiger partial charge on any atom is -0.456 e. The summed E-state index contributed by atoms with van der Waals surface area (Å²) in [5, 5.41) is 10.6.